The summed E-state index contributed by atoms with van der Waals surface area (Å²) in [6, 6.07) is 7.95. The van der Waals surface area contributed by atoms with Crippen LogP contribution in [0.25, 0.3) is 0 Å². The van der Waals surface area contributed by atoms with Gasteiger partial charge < -0.3 is 5.32 Å². The highest BCUT2D eigenvalue weighted by molar-refractivity contribution is 8.00. The van der Waals surface area contributed by atoms with E-state index in [1.807, 2.05) is 18.2 Å². The van der Waals surface area contributed by atoms with Gasteiger partial charge in [0.1, 0.15) is 0 Å². The van der Waals surface area contributed by atoms with E-state index in [2.05, 4.69) is 11.4 Å². The zero-order valence-electron chi connectivity index (χ0n) is 10.1. The highest BCUT2D eigenvalue weighted by atomic mass is 32.2. The maximum absolute atomic E-state index is 12.3. The molecule has 1 heterocycles. The first kappa shape index (κ1) is 13.7. The molecule has 1 nitrogen and oxygen atoms in total. The Morgan fingerprint density at radius 3 is 2.72 bits per heavy atom. The fourth-order valence-electron chi connectivity index (χ4n) is 2.27. The first-order valence-electron chi connectivity index (χ1n) is 5.98. The summed E-state index contributed by atoms with van der Waals surface area (Å²) in [5.41, 5.74) is 1.25. The summed E-state index contributed by atoms with van der Waals surface area (Å²) in [5.74, 6) is 0. The minimum Gasteiger partial charge on any atom is -0.316 e. The van der Waals surface area contributed by atoms with Crippen molar-refractivity contribution in [3.05, 3.63) is 29.8 Å². The van der Waals surface area contributed by atoms with Crippen molar-refractivity contribution in [1.29, 1.82) is 0 Å². The molecule has 0 spiro atoms. The summed E-state index contributed by atoms with van der Waals surface area (Å²) in [5, 5.41) is 3.23. The molecule has 1 aromatic carbocycles. The van der Waals surface area contributed by atoms with E-state index in [1.54, 1.807) is 18.8 Å². The Bertz CT molecular complexity index is 380. The van der Waals surface area contributed by atoms with E-state index >= 15 is 0 Å². The molecule has 1 N–H and O–H groups in total. The van der Waals surface area contributed by atoms with Gasteiger partial charge in [-0.3, -0.25) is 0 Å². The van der Waals surface area contributed by atoms with Gasteiger partial charge in [-0.25, -0.2) is 0 Å². The summed E-state index contributed by atoms with van der Waals surface area (Å²) in [4.78, 5) is 1.20. The molecular formula is C13H16F3NS. The van der Waals surface area contributed by atoms with E-state index in [0.29, 0.717) is 0 Å². The molecule has 0 fully saturated rings. The normalized spacial score (nSPS) is 20.8. The predicted octanol–water partition coefficient (Wildman–Crippen LogP) is 3.63. The van der Waals surface area contributed by atoms with Crippen molar-refractivity contribution in [3.8, 4) is 0 Å². The van der Waals surface area contributed by atoms with E-state index in [1.165, 1.54) is 10.5 Å². The molecule has 0 aromatic heterocycles. The molecule has 5 heteroatoms. The van der Waals surface area contributed by atoms with Crippen molar-refractivity contribution < 1.29 is 13.2 Å². The fourth-order valence-corrected chi connectivity index (χ4v) is 3.75. The highest BCUT2D eigenvalue weighted by Gasteiger charge is 2.33. The van der Waals surface area contributed by atoms with Crippen molar-refractivity contribution in [1.82, 2.24) is 5.32 Å². The van der Waals surface area contributed by atoms with Crippen LogP contribution in [0.1, 0.15) is 18.4 Å². The summed E-state index contributed by atoms with van der Waals surface area (Å²) < 4.78 is 36.8. The van der Waals surface area contributed by atoms with E-state index in [-0.39, 0.29) is 17.7 Å². The van der Waals surface area contributed by atoms with Crippen LogP contribution < -0.4 is 5.32 Å². The number of hydrogen-bond donors (Lipinski definition) is 1. The fraction of sp³-hybridized carbons (Fsp3) is 0.538. The number of halogens is 3. The molecule has 0 aliphatic carbocycles. The summed E-state index contributed by atoms with van der Waals surface area (Å²) in [6.45, 7) is 0. The van der Waals surface area contributed by atoms with Crippen LogP contribution >= 0.6 is 11.8 Å². The van der Waals surface area contributed by atoms with E-state index in [9.17, 15) is 13.2 Å². The zero-order chi connectivity index (χ0) is 13.2. The van der Waals surface area contributed by atoms with E-state index < -0.39 is 12.6 Å². The Morgan fingerprint density at radius 2 is 2.11 bits per heavy atom. The van der Waals surface area contributed by atoms with Crippen LogP contribution in [-0.4, -0.2) is 24.5 Å². The molecule has 0 radical (unpaired) electrons. The van der Waals surface area contributed by atoms with Crippen LogP contribution in [0.4, 0.5) is 13.2 Å². The lowest BCUT2D eigenvalue weighted by atomic mass is 10.0. The number of nitrogens with one attached hydrogen (secondary N) is 1. The van der Waals surface area contributed by atoms with Crippen molar-refractivity contribution in [2.75, 3.05) is 7.05 Å². The van der Waals surface area contributed by atoms with Gasteiger partial charge in [0.15, 0.2) is 0 Å². The average Bonchev–Trinajstić information content (AvgIpc) is 2.71. The molecule has 2 rings (SSSR count). The van der Waals surface area contributed by atoms with Gasteiger partial charge in [-0.2, -0.15) is 13.2 Å². The van der Waals surface area contributed by atoms with Crippen LogP contribution in [-0.2, 0) is 6.42 Å². The predicted molar refractivity (Wildman–Crippen MR) is 67.9 cm³/mol. The third-order valence-corrected chi connectivity index (χ3v) is 4.68. The van der Waals surface area contributed by atoms with Crippen LogP contribution in [0, 0.1) is 0 Å². The molecule has 0 saturated carbocycles. The molecule has 100 valence electrons. The van der Waals surface area contributed by atoms with Crippen molar-refractivity contribution >= 4 is 11.8 Å². The number of rotatable bonds is 4. The van der Waals surface area contributed by atoms with Crippen LogP contribution in [0.5, 0.6) is 0 Å². The molecular weight excluding hydrogens is 259 g/mol. The maximum atomic E-state index is 12.3. The van der Waals surface area contributed by atoms with Crippen LogP contribution in [0.3, 0.4) is 0 Å². The average molecular weight is 275 g/mol. The number of fused-ring (bicyclic) bond motifs is 1. The van der Waals surface area contributed by atoms with Crippen molar-refractivity contribution in [2.24, 2.45) is 0 Å². The molecule has 0 saturated heterocycles. The van der Waals surface area contributed by atoms with Gasteiger partial charge >= 0.3 is 6.18 Å². The Kier molecular flexibility index (Phi) is 4.22. The van der Waals surface area contributed by atoms with Gasteiger partial charge in [0.25, 0.3) is 0 Å². The second kappa shape index (κ2) is 5.53. The van der Waals surface area contributed by atoms with Crippen molar-refractivity contribution in [3.63, 3.8) is 0 Å². The van der Waals surface area contributed by atoms with Crippen molar-refractivity contribution in [2.45, 2.75) is 41.6 Å². The summed E-state index contributed by atoms with van der Waals surface area (Å²) in [7, 11) is 1.74. The highest BCUT2D eigenvalue weighted by Crippen LogP contribution is 2.39. The molecule has 1 aliphatic heterocycles. The first-order chi connectivity index (χ1) is 8.49. The largest absolute Gasteiger partial charge is 0.389 e. The lowest BCUT2D eigenvalue weighted by molar-refractivity contribution is -0.136. The number of hydrogen-bond acceptors (Lipinski definition) is 2. The second-order valence-electron chi connectivity index (χ2n) is 4.52. The Hall–Kier alpha value is -0.680. The minimum atomic E-state index is -4.06. The smallest absolute Gasteiger partial charge is 0.316 e. The molecule has 0 bridgehead atoms. The number of alkyl halides is 3. The first-order valence-corrected chi connectivity index (χ1v) is 6.86. The van der Waals surface area contributed by atoms with Crippen LogP contribution in [0.2, 0.25) is 0 Å². The topological polar surface area (TPSA) is 12.0 Å². The van der Waals surface area contributed by atoms with E-state index in [4.69, 9.17) is 0 Å². The monoisotopic (exact) mass is 275 g/mol. The minimum absolute atomic E-state index is 0.0935. The Labute approximate surface area is 109 Å². The van der Waals surface area contributed by atoms with E-state index in [0.717, 1.165) is 6.42 Å². The molecule has 1 aromatic rings. The third-order valence-electron chi connectivity index (χ3n) is 3.23. The molecule has 18 heavy (non-hydrogen) atoms. The van der Waals surface area contributed by atoms with Crippen LogP contribution in [0.15, 0.2) is 29.2 Å². The van der Waals surface area contributed by atoms with Gasteiger partial charge in [-0.15, -0.1) is 11.8 Å². The second-order valence-corrected chi connectivity index (χ2v) is 5.80. The molecule has 1 aliphatic rings. The SMILES string of the molecule is CNC(CCC(F)(F)F)C1Cc2ccccc2S1. The standard InChI is InChI=1S/C13H16F3NS/c1-17-10(6-7-13(14,15)16)12-8-9-4-2-3-5-11(9)18-12/h2-5,10,12,17H,6-8H2,1H3. The number of thioether (sulfide) groups is 1. The third kappa shape index (κ3) is 3.42. The molecule has 2 atom stereocenters. The summed E-state index contributed by atoms with van der Waals surface area (Å²) in [6.07, 6.45) is -3.78. The lowest BCUT2D eigenvalue weighted by Gasteiger charge is -2.22. The summed E-state index contributed by atoms with van der Waals surface area (Å²) >= 11 is 1.69. The number of benzene rings is 1. The van der Waals surface area contributed by atoms with Gasteiger partial charge in [0, 0.05) is 22.6 Å². The lowest BCUT2D eigenvalue weighted by Crippen LogP contribution is -2.36. The Morgan fingerprint density at radius 1 is 1.39 bits per heavy atom. The maximum Gasteiger partial charge on any atom is 0.389 e. The molecule has 0 amide bonds. The molecule has 2 unspecified atom stereocenters. The Balaban J connectivity index is 1.96. The van der Waals surface area contributed by atoms with Gasteiger partial charge in [-0.05, 0) is 31.5 Å². The quantitative estimate of drug-likeness (QED) is 0.900. The van der Waals surface area contributed by atoms with Gasteiger partial charge in [0.2, 0.25) is 0 Å². The van der Waals surface area contributed by atoms with Gasteiger partial charge in [0.05, 0.1) is 0 Å². The van der Waals surface area contributed by atoms with Gasteiger partial charge in [-0.1, -0.05) is 18.2 Å². The zero-order valence-corrected chi connectivity index (χ0v) is 10.9.